The second-order valence-corrected chi connectivity index (χ2v) is 9.47. The molecule has 2 aliphatic rings. The van der Waals surface area contributed by atoms with Gasteiger partial charge in [0.25, 0.3) is 0 Å². The van der Waals surface area contributed by atoms with Gasteiger partial charge in [-0.15, -0.1) is 11.3 Å². The standard InChI is InChI=1S/C21H32N2O4S/c1-4-26-20(25)18-15-13-21(2,3)27-14-16(15)28-19(18)22-17(24)9-8-12-23-10-6-5-7-11-23/h4-14H2,1-3H3,(H,22,24)/p+1. The minimum absolute atomic E-state index is 0.0271. The highest BCUT2D eigenvalue weighted by Gasteiger charge is 2.34. The number of fused-ring (bicyclic) bond motifs is 1. The lowest BCUT2D eigenvalue weighted by atomic mass is 9.93. The molecule has 0 radical (unpaired) electrons. The van der Waals surface area contributed by atoms with E-state index in [2.05, 4.69) is 5.32 Å². The van der Waals surface area contributed by atoms with Gasteiger partial charge in [0.05, 0.1) is 44.0 Å². The lowest BCUT2D eigenvalue weighted by Gasteiger charge is -2.30. The molecule has 1 aromatic rings. The van der Waals surface area contributed by atoms with Crippen LogP contribution in [-0.4, -0.2) is 43.7 Å². The average molecular weight is 410 g/mol. The molecule has 1 aromatic heterocycles. The van der Waals surface area contributed by atoms with Gasteiger partial charge in [-0.25, -0.2) is 4.79 Å². The van der Waals surface area contributed by atoms with Crippen LogP contribution in [0.15, 0.2) is 0 Å². The predicted molar refractivity (Wildman–Crippen MR) is 110 cm³/mol. The van der Waals surface area contributed by atoms with Gasteiger partial charge in [0.1, 0.15) is 5.00 Å². The van der Waals surface area contributed by atoms with Crippen LogP contribution in [0, 0.1) is 0 Å². The molecule has 2 N–H and O–H groups in total. The van der Waals surface area contributed by atoms with Crippen molar-refractivity contribution in [3.05, 3.63) is 16.0 Å². The van der Waals surface area contributed by atoms with Gasteiger partial charge in [-0.05, 0) is 45.6 Å². The first-order valence-electron chi connectivity index (χ1n) is 10.5. The summed E-state index contributed by atoms with van der Waals surface area (Å²) in [6.45, 7) is 10.1. The molecule has 0 aliphatic carbocycles. The Morgan fingerprint density at radius 1 is 1.25 bits per heavy atom. The Bertz CT molecular complexity index is 708. The van der Waals surface area contributed by atoms with Gasteiger partial charge in [0.2, 0.25) is 5.91 Å². The molecule has 0 bridgehead atoms. The minimum atomic E-state index is -0.356. The van der Waals surface area contributed by atoms with Gasteiger partial charge < -0.3 is 19.7 Å². The zero-order valence-corrected chi connectivity index (χ0v) is 18.1. The zero-order valence-electron chi connectivity index (χ0n) is 17.3. The Kier molecular flexibility index (Phi) is 7.12. The monoisotopic (exact) mass is 409 g/mol. The zero-order chi connectivity index (χ0) is 20.1. The maximum Gasteiger partial charge on any atom is 0.341 e. The molecule has 0 unspecified atom stereocenters. The Hall–Kier alpha value is -1.44. The number of amides is 1. The molecule has 0 spiro atoms. The molecule has 0 aromatic carbocycles. The van der Waals surface area contributed by atoms with Crippen LogP contribution in [0.4, 0.5) is 5.00 Å². The number of carbonyl (C=O) groups is 2. The number of esters is 1. The number of quaternary nitrogens is 1. The van der Waals surface area contributed by atoms with E-state index in [0.717, 1.165) is 23.4 Å². The number of hydrogen-bond donors (Lipinski definition) is 2. The molecule has 3 heterocycles. The fraction of sp³-hybridized carbons (Fsp3) is 0.714. The first-order valence-corrected chi connectivity index (χ1v) is 11.3. The number of piperidine rings is 1. The van der Waals surface area contributed by atoms with Gasteiger partial charge in [0, 0.05) is 24.1 Å². The summed E-state index contributed by atoms with van der Waals surface area (Å²) in [6.07, 6.45) is 5.92. The van der Waals surface area contributed by atoms with Crippen LogP contribution < -0.4 is 10.2 Å². The lowest BCUT2D eigenvalue weighted by molar-refractivity contribution is -0.905. The summed E-state index contributed by atoms with van der Waals surface area (Å²) in [5.74, 6) is -0.383. The number of ether oxygens (including phenoxy) is 2. The van der Waals surface area contributed by atoms with Crippen LogP contribution in [0.5, 0.6) is 0 Å². The van der Waals surface area contributed by atoms with Crippen molar-refractivity contribution < 1.29 is 24.0 Å². The Morgan fingerprint density at radius 2 is 2.00 bits per heavy atom. The van der Waals surface area contributed by atoms with Crippen molar-refractivity contribution in [3.8, 4) is 0 Å². The largest absolute Gasteiger partial charge is 0.462 e. The fourth-order valence-corrected chi connectivity index (χ4v) is 5.19. The first-order chi connectivity index (χ1) is 13.4. The topological polar surface area (TPSA) is 69.1 Å². The number of thiophene rings is 1. The molecule has 6 nitrogen and oxygen atoms in total. The van der Waals surface area contributed by atoms with E-state index >= 15 is 0 Å². The molecule has 7 heteroatoms. The summed E-state index contributed by atoms with van der Waals surface area (Å²) < 4.78 is 11.2. The molecular weight excluding hydrogens is 376 g/mol. The van der Waals surface area contributed by atoms with E-state index in [1.54, 1.807) is 11.8 Å². The molecule has 1 amide bonds. The van der Waals surface area contributed by atoms with Gasteiger partial charge in [-0.1, -0.05) is 0 Å². The maximum absolute atomic E-state index is 12.6. The molecule has 3 rings (SSSR count). The minimum Gasteiger partial charge on any atom is -0.462 e. The van der Waals surface area contributed by atoms with Gasteiger partial charge in [0.15, 0.2) is 0 Å². The van der Waals surface area contributed by atoms with Crippen molar-refractivity contribution in [2.24, 2.45) is 0 Å². The van der Waals surface area contributed by atoms with E-state index in [1.165, 1.54) is 43.7 Å². The normalized spacial score (nSPS) is 19.1. The molecule has 1 fully saturated rings. The summed E-state index contributed by atoms with van der Waals surface area (Å²) >= 11 is 1.44. The number of likely N-dealkylation sites (tertiary alicyclic amines) is 1. The van der Waals surface area contributed by atoms with Crippen molar-refractivity contribution in [3.63, 3.8) is 0 Å². The average Bonchev–Trinajstić information content (AvgIpc) is 2.98. The van der Waals surface area contributed by atoms with Crippen molar-refractivity contribution in [1.29, 1.82) is 0 Å². The van der Waals surface area contributed by atoms with Crippen LogP contribution in [0.1, 0.15) is 73.7 Å². The van der Waals surface area contributed by atoms with E-state index < -0.39 is 0 Å². The van der Waals surface area contributed by atoms with Crippen molar-refractivity contribution >= 4 is 28.2 Å². The molecule has 156 valence electrons. The summed E-state index contributed by atoms with van der Waals surface area (Å²) in [5, 5.41) is 3.60. The number of hydrogen-bond acceptors (Lipinski definition) is 5. The number of nitrogens with one attached hydrogen (secondary N) is 2. The molecule has 2 aliphatic heterocycles. The smallest absolute Gasteiger partial charge is 0.341 e. The Labute approximate surface area is 171 Å². The second kappa shape index (κ2) is 9.37. The van der Waals surface area contributed by atoms with E-state index in [4.69, 9.17) is 9.47 Å². The van der Waals surface area contributed by atoms with E-state index in [1.807, 2.05) is 13.8 Å². The Balaban J connectivity index is 1.66. The van der Waals surface area contributed by atoms with Crippen LogP contribution in [0.25, 0.3) is 0 Å². The highest BCUT2D eigenvalue weighted by atomic mass is 32.1. The lowest BCUT2D eigenvalue weighted by Crippen LogP contribution is -3.12. The summed E-state index contributed by atoms with van der Waals surface area (Å²) in [4.78, 5) is 27.7. The van der Waals surface area contributed by atoms with E-state index in [9.17, 15) is 9.59 Å². The van der Waals surface area contributed by atoms with Crippen LogP contribution in [0.3, 0.4) is 0 Å². The van der Waals surface area contributed by atoms with E-state index in [0.29, 0.717) is 36.6 Å². The molecule has 0 atom stereocenters. The predicted octanol–water partition coefficient (Wildman–Crippen LogP) is 2.56. The third-order valence-corrected chi connectivity index (χ3v) is 6.64. The summed E-state index contributed by atoms with van der Waals surface area (Å²) in [7, 11) is 0. The third-order valence-electron chi connectivity index (χ3n) is 5.51. The quantitative estimate of drug-likeness (QED) is 0.679. The van der Waals surface area contributed by atoms with Crippen LogP contribution in [-0.2, 0) is 27.3 Å². The number of anilines is 1. The second-order valence-electron chi connectivity index (χ2n) is 8.37. The molecule has 1 saturated heterocycles. The van der Waals surface area contributed by atoms with Gasteiger partial charge in [-0.3, -0.25) is 4.79 Å². The van der Waals surface area contributed by atoms with Crippen molar-refractivity contribution in [2.75, 3.05) is 31.6 Å². The first kappa shape index (κ1) is 21.3. The highest BCUT2D eigenvalue weighted by molar-refractivity contribution is 7.17. The van der Waals surface area contributed by atoms with Gasteiger partial charge >= 0.3 is 5.97 Å². The van der Waals surface area contributed by atoms with E-state index in [-0.39, 0.29) is 17.5 Å². The summed E-state index contributed by atoms with van der Waals surface area (Å²) in [6, 6.07) is 0. The van der Waals surface area contributed by atoms with Crippen molar-refractivity contribution in [2.45, 2.75) is 71.5 Å². The molecule has 28 heavy (non-hydrogen) atoms. The van der Waals surface area contributed by atoms with Crippen molar-refractivity contribution in [1.82, 2.24) is 0 Å². The number of rotatable bonds is 7. The molecule has 0 saturated carbocycles. The van der Waals surface area contributed by atoms with Crippen LogP contribution >= 0.6 is 11.3 Å². The number of carbonyl (C=O) groups excluding carboxylic acids is 2. The summed E-state index contributed by atoms with van der Waals surface area (Å²) in [5.41, 5.74) is 1.16. The maximum atomic E-state index is 12.6. The Morgan fingerprint density at radius 3 is 2.71 bits per heavy atom. The van der Waals surface area contributed by atoms with Crippen LogP contribution in [0.2, 0.25) is 0 Å². The fourth-order valence-electron chi connectivity index (χ4n) is 4.05. The third kappa shape index (κ3) is 5.33. The molecular formula is C21H33N2O4S+. The van der Waals surface area contributed by atoms with Gasteiger partial charge in [-0.2, -0.15) is 0 Å². The highest BCUT2D eigenvalue weighted by Crippen LogP contribution is 2.40. The SMILES string of the molecule is CCOC(=O)c1c(NC(=O)CCC[NH+]2CCCCC2)sc2c1CC(C)(C)OC2.